The van der Waals surface area contributed by atoms with Gasteiger partial charge in [-0.25, -0.2) is 0 Å². The fourth-order valence-electron chi connectivity index (χ4n) is 3.07. The van der Waals surface area contributed by atoms with Crippen LogP contribution in [0.5, 0.6) is 0 Å². The molecule has 128 valence electrons. The second-order valence-electron chi connectivity index (χ2n) is 6.33. The van der Waals surface area contributed by atoms with Gasteiger partial charge in [-0.1, -0.05) is 30.3 Å². The summed E-state index contributed by atoms with van der Waals surface area (Å²) in [4.78, 5) is 16.9. The number of hydrogen-bond donors (Lipinski definition) is 2. The van der Waals surface area contributed by atoms with Crippen LogP contribution in [0, 0.1) is 6.92 Å². The average molecular weight is 333 g/mol. The number of carbonyl (C=O) groups is 1. The van der Waals surface area contributed by atoms with Crippen LogP contribution in [0.15, 0.2) is 60.8 Å². The summed E-state index contributed by atoms with van der Waals surface area (Å²) in [5, 5.41) is 7.33. The number of nitrogens with zero attached hydrogens (tertiary/aromatic N) is 1. The van der Waals surface area contributed by atoms with Crippen molar-refractivity contribution >= 4 is 22.5 Å². The Morgan fingerprint density at radius 2 is 1.80 bits per heavy atom. The Hall–Kier alpha value is -2.72. The summed E-state index contributed by atoms with van der Waals surface area (Å²) in [6.07, 6.45) is 1.75. The average Bonchev–Trinajstić information content (AvgIpc) is 2.62. The highest BCUT2D eigenvalue weighted by molar-refractivity contribution is 6.02. The Bertz CT molecular complexity index is 886. The molecule has 0 fully saturated rings. The van der Waals surface area contributed by atoms with Gasteiger partial charge in [-0.2, -0.15) is 0 Å². The minimum Gasteiger partial charge on any atom is -0.324 e. The van der Waals surface area contributed by atoms with Crippen LogP contribution >= 0.6 is 0 Å². The first-order valence-electron chi connectivity index (χ1n) is 8.52. The number of carbonyl (C=O) groups excluding carboxylic acids is 1. The monoisotopic (exact) mass is 333 g/mol. The molecule has 1 aromatic heterocycles. The Morgan fingerprint density at radius 1 is 1.00 bits per heavy atom. The molecule has 0 aliphatic heterocycles. The van der Waals surface area contributed by atoms with E-state index in [-0.39, 0.29) is 18.0 Å². The van der Waals surface area contributed by atoms with Gasteiger partial charge in [0, 0.05) is 17.6 Å². The molecule has 25 heavy (non-hydrogen) atoms. The number of amides is 1. The lowest BCUT2D eigenvalue weighted by Gasteiger charge is -2.21. The maximum absolute atomic E-state index is 12.6. The minimum atomic E-state index is -0.318. The molecule has 2 atom stereocenters. The van der Waals surface area contributed by atoms with Crippen LogP contribution in [0.25, 0.3) is 10.9 Å². The molecule has 2 N–H and O–H groups in total. The van der Waals surface area contributed by atoms with Gasteiger partial charge < -0.3 is 5.32 Å². The van der Waals surface area contributed by atoms with Gasteiger partial charge in [0.05, 0.1) is 17.2 Å². The third-order valence-corrected chi connectivity index (χ3v) is 4.45. The summed E-state index contributed by atoms with van der Waals surface area (Å²) in [6, 6.07) is 17.6. The van der Waals surface area contributed by atoms with Gasteiger partial charge in [0.25, 0.3) is 0 Å². The Morgan fingerprint density at radius 3 is 2.60 bits per heavy atom. The molecule has 0 aliphatic rings. The predicted octanol–water partition coefficient (Wildman–Crippen LogP) is 4.22. The normalized spacial score (nSPS) is 13.4. The molecule has 0 spiro atoms. The van der Waals surface area contributed by atoms with Crippen molar-refractivity contribution in [3.8, 4) is 0 Å². The maximum atomic E-state index is 12.6. The molecular formula is C21H23N3O. The minimum absolute atomic E-state index is 0.0585. The molecule has 0 saturated heterocycles. The first-order chi connectivity index (χ1) is 12.1. The smallest absolute Gasteiger partial charge is 0.241 e. The van der Waals surface area contributed by atoms with Crippen LogP contribution in [-0.4, -0.2) is 16.9 Å². The van der Waals surface area contributed by atoms with Gasteiger partial charge in [-0.15, -0.1) is 0 Å². The van der Waals surface area contributed by atoms with E-state index in [0.29, 0.717) is 0 Å². The maximum Gasteiger partial charge on any atom is 0.241 e. The van der Waals surface area contributed by atoms with Crippen LogP contribution in [0.4, 0.5) is 5.69 Å². The fraction of sp³-hybridized carbons (Fsp3) is 0.238. The van der Waals surface area contributed by atoms with Crippen LogP contribution in [0.1, 0.15) is 31.0 Å². The summed E-state index contributed by atoms with van der Waals surface area (Å²) >= 11 is 0. The number of hydrogen-bond acceptors (Lipinski definition) is 3. The lowest BCUT2D eigenvalue weighted by Crippen LogP contribution is -2.39. The van der Waals surface area contributed by atoms with E-state index >= 15 is 0 Å². The standard InChI is InChI=1S/C21H23N3O/c1-14-8-4-5-9-17(14)15(2)23-16(3)21(25)24-20-12-6-11-19-18(20)10-7-13-22-19/h4-13,15-16,23H,1-3H3,(H,24,25). The fourth-order valence-corrected chi connectivity index (χ4v) is 3.07. The van der Waals surface area contributed by atoms with Gasteiger partial charge in [0.15, 0.2) is 0 Å². The van der Waals surface area contributed by atoms with Crippen molar-refractivity contribution in [1.82, 2.24) is 10.3 Å². The van der Waals surface area contributed by atoms with E-state index in [1.54, 1.807) is 6.20 Å². The highest BCUT2D eigenvalue weighted by Gasteiger charge is 2.18. The zero-order chi connectivity index (χ0) is 17.8. The Labute approximate surface area is 148 Å². The van der Waals surface area contributed by atoms with Gasteiger partial charge >= 0.3 is 0 Å². The highest BCUT2D eigenvalue weighted by atomic mass is 16.2. The van der Waals surface area contributed by atoms with Crippen molar-refractivity contribution < 1.29 is 4.79 Å². The highest BCUT2D eigenvalue weighted by Crippen LogP contribution is 2.22. The van der Waals surface area contributed by atoms with Crippen LogP contribution in [0.3, 0.4) is 0 Å². The van der Waals surface area contributed by atoms with E-state index in [1.807, 2.05) is 49.4 Å². The third-order valence-electron chi connectivity index (χ3n) is 4.45. The van der Waals surface area contributed by atoms with E-state index in [2.05, 4.69) is 41.6 Å². The van der Waals surface area contributed by atoms with Crippen molar-refractivity contribution in [3.63, 3.8) is 0 Å². The number of anilines is 1. The first-order valence-corrected chi connectivity index (χ1v) is 8.52. The SMILES string of the molecule is Cc1ccccc1C(C)NC(C)C(=O)Nc1cccc2ncccc12. The van der Waals surface area contributed by atoms with E-state index in [9.17, 15) is 4.79 Å². The molecule has 3 aromatic rings. The molecule has 2 unspecified atom stereocenters. The molecule has 0 aliphatic carbocycles. The van der Waals surface area contributed by atoms with Crippen LogP contribution < -0.4 is 10.6 Å². The first kappa shape index (κ1) is 17.1. The number of pyridine rings is 1. The summed E-state index contributed by atoms with van der Waals surface area (Å²) < 4.78 is 0. The number of rotatable bonds is 5. The molecule has 1 heterocycles. The molecule has 4 nitrogen and oxygen atoms in total. The number of aryl methyl sites for hydroxylation is 1. The number of nitrogens with one attached hydrogen (secondary N) is 2. The van der Waals surface area contributed by atoms with Crippen molar-refractivity contribution in [2.45, 2.75) is 32.9 Å². The van der Waals surface area contributed by atoms with Gasteiger partial charge in [-0.3, -0.25) is 15.1 Å². The molecule has 0 radical (unpaired) electrons. The summed E-state index contributed by atoms with van der Waals surface area (Å²) in [6.45, 7) is 6.04. The second kappa shape index (κ2) is 7.45. The van der Waals surface area contributed by atoms with Gasteiger partial charge in [0.2, 0.25) is 5.91 Å². The van der Waals surface area contributed by atoms with Crippen molar-refractivity contribution in [1.29, 1.82) is 0 Å². The van der Waals surface area contributed by atoms with Gasteiger partial charge in [-0.05, 0) is 56.2 Å². The number of benzene rings is 2. The molecule has 0 bridgehead atoms. The van der Waals surface area contributed by atoms with Crippen LogP contribution in [0.2, 0.25) is 0 Å². The third kappa shape index (κ3) is 3.86. The molecule has 2 aromatic carbocycles. The lowest BCUT2D eigenvalue weighted by atomic mass is 10.0. The van der Waals surface area contributed by atoms with Crippen LogP contribution in [-0.2, 0) is 4.79 Å². The zero-order valence-electron chi connectivity index (χ0n) is 14.8. The molecule has 1 amide bonds. The summed E-state index contributed by atoms with van der Waals surface area (Å²) in [5.41, 5.74) is 4.08. The number of aromatic nitrogens is 1. The van der Waals surface area contributed by atoms with Crippen molar-refractivity contribution in [3.05, 3.63) is 71.9 Å². The van der Waals surface area contributed by atoms with Gasteiger partial charge in [0.1, 0.15) is 0 Å². The molecule has 0 saturated carbocycles. The topological polar surface area (TPSA) is 54.0 Å². The van der Waals surface area contributed by atoms with Crippen molar-refractivity contribution in [2.24, 2.45) is 0 Å². The van der Waals surface area contributed by atoms with E-state index in [4.69, 9.17) is 0 Å². The van der Waals surface area contributed by atoms with E-state index in [0.717, 1.165) is 16.6 Å². The van der Waals surface area contributed by atoms with E-state index in [1.165, 1.54) is 11.1 Å². The Kier molecular flexibility index (Phi) is 5.10. The summed E-state index contributed by atoms with van der Waals surface area (Å²) in [5.74, 6) is -0.0585. The second-order valence-corrected chi connectivity index (χ2v) is 6.33. The largest absolute Gasteiger partial charge is 0.324 e. The van der Waals surface area contributed by atoms with E-state index < -0.39 is 0 Å². The zero-order valence-corrected chi connectivity index (χ0v) is 14.8. The van der Waals surface area contributed by atoms with Crippen molar-refractivity contribution in [2.75, 3.05) is 5.32 Å². The molecule has 3 rings (SSSR count). The number of fused-ring (bicyclic) bond motifs is 1. The molecular weight excluding hydrogens is 310 g/mol. The Balaban J connectivity index is 1.71. The summed E-state index contributed by atoms with van der Waals surface area (Å²) in [7, 11) is 0. The molecule has 4 heteroatoms. The predicted molar refractivity (Wildman–Crippen MR) is 103 cm³/mol. The quantitative estimate of drug-likeness (QED) is 0.735. The lowest BCUT2D eigenvalue weighted by molar-refractivity contribution is -0.117.